The molecule has 9 heteroatoms. The van der Waals surface area contributed by atoms with Crippen molar-refractivity contribution in [2.24, 2.45) is 0 Å². The van der Waals surface area contributed by atoms with Crippen molar-refractivity contribution < 1.29 is 32.9 Å². The number of likely N-dealkylation sites (N-methyl/N-ethyl adjacent to an activating group) is 1. The number of nitrogens with zero attached hydrogens (tertiary/aromatic N) is 1. The van der Waals surface area contributed by atoms with E-state index in [-0.39, 0.29) is 19.1 Å². The van der Waals surface area contributed by atoms with E-state index in [0.717, 1.165) is 38.5 Å². The lowest BCUT2D eigenvalue weighted by atomic mass is 10.0. The third-order valence-electron chi connectivity index (χ3n) is 11.2. The third kappa shape index (κ3) is 43.1. The standard InChI is InChI=1S/C49H97N2O6P/c1-6-8-10-12-14-16-17-18-19-20-21-22-23-24-25-26-27-28-29-30-31-32-33-34-35-36-38-40-42-48(52)47(46-57-58(54,55)56-45-44-51(3,4)5)50-49(53)43-41-39-37-15-13-11-9-7-2/h34-35,40,42,47-48,52H,6-33,36-39,41,43-46H2,1-5H3,(H-,50,53,54,55)/b35-34+,42-40+. The highest BCUT2D eigenvalue weighted by atomic mass is 31.2. The molecule has 58 heavy (non-hydrogen) atoms. The maximum Gasteiger partial charge on any atom is 0.268 e. The van der Waals surface area contributed by atoms with Gasteiger partial charge in [-0.05, 0) is 32.1 Å². The number of aliphatic hydroxyl groups excluding tert-OH is 1. The molecule has 0 rings (SSSR count). The molecule has 0 aromatic heterocycles. The van der Waals surface area contributed by atoms with E-state index in [1.165, 1.54) is 173 Å². The number of carbonyl (C=O) groups excluding carboxylic acids is 1. The second-order valence-electron chi connectivity index (χ2n) is 18.2. The average Bonchev–Trinajstić information content (AvgIpc) is 3.17. The van der Waals surface area contributed by atoms with E-state index in [0.29, 0.717) is 17.4 Å². The Morgan fingerprint density at radius 3 is 1.40 bits per heavy atom. The summed E-state index contributed by atoms with van der Waals surface area (Å²) in [6.07, 6.45) is 49.9. The van der Waals surface area contributed by atoms with Crippen LogP contribution in [-0.2, 0) is 18.4 Å². The van der Waals surface area contributed by atoms with Gasteiger partial charge in [0.15, 0.2) is 0 Å². The van der Waals surface area contributed by atoms with Gasteiger partial charge in [-0.2, -0.15) is 0 Å². The van der Waals surface area contributed by atoms with E-state index < -0.39 is 20.0 Å². The number of phosphoric acid groups is 1. The number of hydrogen-bond acceptors (Lipinski definition) is 6. The summed E-state index contributed by atoms with van der Waals surface area (Å²) in [4.78, 5) is 25.2. The second-order valence-corrected chi connectivity index (χ2v) is 19.6. The molecule has 2 N–H and O–H groups in total. The number of hydrogen-bond donors (Lipinski definition) is 2. The lowest BCUT2D eigenvalue weighted by Crippen LogP contribution is -2.45. The predicted octanol–water partition coefficient (Wildman–Crippen LogP) is 13.5. The number of phosphoric ester groups is 1. The maximum atomic E-state index is 12.8. The van der Waals surface area contributed by atoms with E-state index in [9.17, 15) is 19.4 Å². The first-order chi connectivity index (χ1) is 28.0. The van der Waals surface area contributed by atoms with Crippen LogP contribution in [0.5, 0.6) is 0 Å². The fourth-order valence-electron chi connectivity index (χ4n) is 7.23. The number of nitrogens with one attached hydrogen (secondary N) is 1. The van der Waals surface area contributed by atoms with Crippen LogP contribution in [0.2, 0.25) is 0 Å². The van der Waals surface area contributed by atoms with E-state index >= 15 is 0 Å². The first-order valence-electron chi connectivity index (χ1n) is 24.7. The van der Waals surface area contributed by atoms with Gasteiger partial charge in [-0.25, -0.2) is 0 Å². The fraction of sp³-hybridized carbons (Fsp3) is 0.898. The third-order valence-corrected chi connectivity index (χ3v) is 12.1. The molecule has 3 unspecified atom stereocenters. The number of quaternary nitrogens is 1. The predicted molar refractivity (Wildman–Crippen MR) is 247 cm³/mol. The average molecular weight is 841 g/mol. The summed E-state index contributed by atoms with van der Waals surface area (Å²) < 4.78 is 23.1. The molecule has 0 radical (unpaired) electrons. The highest BCUT2D eigenvalue weighted by Crippen LogP contribution is 2.38. The first-order valence-corrected chi connectivity index (χ1v) is 26.2. The molecule has 0 aliphatic rings. The molecule has 0 fully saturated rings. The van der Waals surface area contributed by atoms with Crippen molar-refractivity contribution in [1.29, 1.82) is 0 Å². The van der Waals surface area contributed by atoms with E-state index in [1.54, 1.807) is 6.08 Å². The van der Waals surface area contributed by atoms with Crippen molar-refractivity contribution in [2.75, 3.05) is 40.9 Å². The zero-order valence-electron chi connectivity index (χ0n) is 39.0. The Bertz CT molecular complexity index is 1000. The monoisotopic (exact) mass is 841 g/mol. The number of rotatable bonds is 45. The number of allylic oxidation sites excluding steroid dienone is 3. The fourth-order valence-corrected chi connectivity index (χ4v) is 7.95. The Hall–Kier alpha value is -1.02. The van der Waals surface area contributed by atoms with Crippen LogP contribution in [-0.4, -0.2) is 68.5 Å². The Kier molecular flexibility index (Phi) is 40.6. The maximum absolute atomic E-state index is 12.8. The lowest BCUT2D eigenvalue weighted by Gasteiger charge is -2.29. The highest BCUT2D eigenvalue weighted by Gasteiger charge is 2.23. The molecular weight excluding hydrogens is 744 g/mol. The zero-order chi connectivity index (χ0) is 42.8. The molecule has 0 spiro atoms. The molecule has 344 valence electrons. The van der Waals surface area contributed by atoms with Crippen LogP contribution in [0.1, 0.15) is 232 Å². The van der Waals surface area contributed by atoms with Crippen molar-refractivity contribution in [3.63, 3.8) is 0 Å². The summed E-state index contributed by atoms with van der Waals surface area (Å²) in [7, 11) is 1.25. The Labute approximate surface area is 360 Å². The summed E-state index contributed by atoms with van der Waals surface area (Å²) in [6, 6.07) is -0.897. The summed E-state index contributed by atoms with van der Waals surface area (Å²) in [6.45, 7) is 4.60. The van der Waals surface area contributed by atoms with Gasteiger partial charge >= 0.3 is 0 Å². The topological polar surface area (TPSA) is 108 Å². The minimum Gasteiger partial charge on any atom is -0.756 e. The SMILES string of the molecule is CCCCCCCCCCCCCCCCCCCCCCCC/C=C/CC/C=C/C(O)C(COP(=O)([O-])OCC[N+](C)(C)C)NC(=O)CCCCCCCCCC. The quantitative estimate of drug-likeness (QED) is 0.0274. The Balaban J connectivity index is 4.12. The summed E-state index contributed by atoms with van der Waals surface area (Å²) in [5, 5.41) is 13.7. The smallest absolute Gasteiger partial charge is 0.268 e. The van der Waals surface area contributed by atoms with Crippen molar-refractivity contribution in [2.45, 2.75) is 244 Å². The van der Waals surface area contributed by atoms with Crippen LogP contribution < -0.4 is 10.2 Å². The minimum atomic E-state index is -4.59. The minimum absolute atomic E-state index is 0.00461. The normalized spacial score (nSPS) is 14.4. The van der Waals surface area contributed by atoms with Gasteiger partial charge in [0.2, 0.25) is 5.91 Å². The molecule has 8 nitrogen and oxygen atoms in total. The molecule has 0 aromatic carbocycles. The van der Waals surface area contributed by atoms with Crippen molar-refractivity contribution >= 4 is 13.7 Å². The van der Waals surface area contributed by atoms with Crippen LogP contribution in [0.15, 0.2) is 24.3 Å². The van der Waals surface area contributed by atoms with E-state index in [1.807, 2.05) is 27.2 Å². The summed E-state index contributed by atoms with van der Waals surface area (Å²) in [5.41, 5.74) is 0. The first kappa shape index (κ1) is 57.0. The number of unbranched alkanes of at least 4 members (excludes halogenated alkanes) is 30. The number of amides is 1. The molecule has 0 aliphatic heterocycles. The highest BCUT2D eigenvalue weighted by molar-refractivity contribution is 7.45. The van der Waals surface area contributed by atoms with Crippen LogP contribution in [0.3, 0.4) is 0 Å². The molecule has 0 bridgehead atoms. The molecule has 0 saturated heterocycles. The van der Waals surface area contributed by atoms with Crippen molar-refractivity contribution in [3.8, 4) is 0 Å². The van der Waals surface area contributed by atoms with Gasteiger partial charge in [-0.1, -0.05) is 218 Å². The van der Waals surface area contributed by atoms with Crippen LogP contribution in [0, 0.1) is 0 Å². The molecule has 3 atom stereocenters. The summed E-state index contributed by atoms with van der Waals surface area (Å²) in [5.74, 6) is -0.211. The Morgan fingerprint density at radius 2 is 0.966 bits per heavy atom. The van der Waals surface area contributed by atoms with Gasteiger partial charge in [0.25, 0.3) is 7.82 Å². The van der Waals surface area contributed by atoms with Crippen LogP contribution in [0.4, 0.5) is 0 Å². The van der Waals surface area contributed by atoms with Gasteiger partial charge in [0.05, 0.1) is 39.9 Å². The summed E-state index contributed by atoms with van der Waals surface area (Å²) >= 11 is 0. The van der Waals surface area contributed by atoms with Crippen LogP contribution >= 0.6 is 7.82 Å². The Morgan fingerprint density at radius 1 is 0.586 bits per heavy atom. The van der Waals surface area contributed by atoms with E-state index in [2.05, 4.69) is 31.3 Å². The van der Waals surface area contributed by atoms with Gasteiger partial charge in [0.1, 0.15) is 13.2 Å². The lowest BCUT2D eigenvalue weighted by molar-refractivity contribution is -0.870. The van der Waals surface area contributed by atoms with Crippen molar-refractivity contribution in [1.82, 2.24) is 5.32 Å². The largest absolute Gasteiger partial charge is 0.756 e. The number of carbonyl (C=O) groups is 1. The molecular formula is C49H97N2O6P. The molecule has 0 saturated carbocycles. The van der Waals surface area contributed by atoms with Gasteiger partial charge in [-0.3, -0.25) is 9.36 Å². The van der Waals surface area contributed by atoms with Crippen molar-refractivity contribution in [3.05, 3.63) is 24.3 Å². The van der Waals surface area contributed by atoms with E-state index in [4.69, 9.17) is 9.05 Å². The van der Waals surface area contributed by atoms with Gasteiger partial charge < -0.3 is 28.8 Å². The molecule has 0 aliphatic carbocycles. The zero-order valence-corrected chi connectivity index (χ0v) is 39.9. The van der Waals surface area contributed by atoms with Gasteiger partial charge in [0, 0.05) is 6.42 Å². The van der Waals surface area contributed by atoms with Crippen LogP contribution in [0.25, 0.3) is 0 Å². The van der Waals surface area contributed by atoms with Gasteiger partial charge in [-0.15, -0.1) is 0 Å². The molecule has 0 heterocycles. The molecule has 0 aromatic rings. The second kappa shape index (κ2) is 41.3. The molecule has 1 amide bonds. The number of aliphatic hydroxyl groups is 1.